The van der Waals surface area contributed by atoms with Crippen LogP contribution in [0.1, 0.15) is 18.6 Å². The molecular weight excluding hydrogens is 411 g/mol. The van der Waals surface area contributed by atoms with Gasteiger partial charge >= 0.3 is 0 Å². The van der Waals surface area contributed by atoms with Crippen molar-refractivity contribution in [2.45, 2.75) is 12.8 Å². The Kier molecular flexibility index (Phi) is 3.52. The smallest absolute Gasteiger partial charge is 0.254 e. The Morgan fingerprint density at radius 1 is 1.03 bits per heavy atom. The maximum Gasteiger partial charge on any atom is 0.254 e. The van der Waals surface area contributed by atoms with E-state index in [2.05, 4.69) is 17.3 Å². The Hall–Kier alpha value is -2.37. The number of carbonyl (C=O) groups is 2. The van der Waals surface area contributed by atoms with Crippen LogP contribution in [0, 0.1) is 29.1 Å². The van der Waals surface area contributed by atoms with Crippen molar-refractivity contribution in [2.75, 3.05) is 0 Å². The zero-order valence-corrected chi connectivity index (χ0v) is 16.7. The van der Waals surface area contributed by atoms with Crippen molar-refractivity contribution >= 4 is 41.2 Å². The standard InChI is InChI=1S/C22H16Cl2N2O3/c23-11-1-5-16(24)13(9-11)17-6-2-12(29-17)10-25-26-20(27)18-14-3-4-15(19(18)21(26)28)22(14)7-8-22/h1-6,9-10,14-15,18-19H,7-8H2. The largest absolute Gasteiger partial charge is 0.455 e. The van der Waals surface area contributed by atoms with E-state index in [0.717, 1.165) is 17.9 Å². The summed E-state index contributed by atoms with van der Waals surface area (Å²) in [6, 6.07) is 8.59. The van der Waals surface area contributed by atoms with Crippen LogP contribution in [0.15, 0.2) is 52.0 Å². The molecule has 2 heterocycles. The van der Waals surface area contributed by atoms with Crippen LogP contribution in [-0.4, -0.2) is 23.0 Å². The SMILES string of the molecule is O=C1C2C(C(=O)N1N=Cc1ccc(-c3cc(Cl)ccc3Cl)o1)C1C=CC2C12CC2. The summed E-state index contributed by atoms with van der Waals surface area (Å²) in [4.78, 5) is 25.9. The second-order valence-corrected chi connectivity index (χ2v) is 9.12. The predicted molar refractivity (Wildman–Crippen MR) is 108 cm³/mol. The fraction of sp³-hybridized carbons (Fsp3) is 0.318. The van der Waals surface area contributed by atoms with Gasteiger partial charge in [-0.05, 0) is 60.4 Å². The number of nitrogens with zero attached hydrogens (tertiary/aromatic N) is 2. The minimum atomic E-state index is -0.255. The van der Waals surface area contributed by atoms with Gasteiger partial charge in [0.1, 0.15) is 11.5 Å². The lowest BCUT2D eigenvalue weighted by Crippen LogP contribution is -2.30. The van der Waals surface area contributed by atoms with E-state index >= 15 is 0 Å². The van der Waals surface area contributed by atoms with Crippen LogP contribution in [0.4, 0.5) is 0 Å². The zero-order valence-electron chi connectivity index (χ0n) is 15.2. The van der Waals surface area contributed by atoms with Crippen molar-refractivity contribution in [1.29, 1.82) is 0 Å². The number of carbonyl (C=O) groups excluding carboxylic acids is 2. The van der Waals surface area contributed by atoms with Crippen LogP contribution in [-0.2, 0) is 9.59 Å². The molecule has 2 aromatic rings. The fourth-order valence-electron chi connectivity index (χ4n) is 5.54. The molecular formula is C22H16Cl2N2O3. The lowest BCUT2D eigenvalue weighted by Gasteiger charge is -2.18. The number of fused-ring (bicyclic) bond motifs is 3. The van der Waals surface area contributed by atoms with Gasteiger partial charge < -0.3 is 4.42 Å². The molecule has 2 saturated carbocycles. The molecule has 29 heavy (non-hydrogen) atoms. The van der Waals surface area contributed by atoms with Gasteiger partial charge in [0.15, 0.2) is 0 Å². The monoisotopic (exact) mass is 426 g/mol. The summed E-state index contributed by atoms with van der Waals surface area (Å²) in [6.07, 6.45) is 7.93. The first-order valence-electron chi connectivity index (χ1n) is 9.65. The van der Waals surface area contributed by atoms with E-state index in [1.165, 1.54) is 6.21 Å². The van der Waals surface area contributed by atoms with Crippen LogP contribution in [0.25, 0.3) is 11.3 Å². The zero-order chi connectivity index (χ0) is 19.9. The third kappa shape index (κ3) is 2.31. The molecule has 146 valence electrons. The van der Waals surface area contributed by atoms with Gasteiger partial charge in [0.25, 0.3) is 11.8 Å². The number of imide groups is 1. The molecule has 3 fully saturated rings. The number of halogens is 2. The Labute approximate surface area is 177 Å². The number of rotatable bonds is 3. The van der Waals surface area contributed by atoms with Crippen LogP contribution < -0.4 is 0 Å². The van der Waals surface area contributed by atoms with Gasteiger partial charge in [0.2, 0.25) is 0 Å². The number of allylic oxidation sites excluding steroid dienone is 2. The Morgan fingerprint density at radius 2 is 1.72 bits per heavy atom. The summed E-state index contributed by atoms with van der Waals surface area (Å²) in [5.74, 6) is 0.446. The molecule has 1 spiro atoms. The summed E-state index contributed by atoms with van der Waals surface area (Å²) >= 11 is 12.3. The summed E-state index contributed by atoms with van der Waals surface area (Å²) in [7, 11) is 0. The van der Waals surface area contributed by atoms with Crippen molar-refractivity contribution in [3.8, 4) is 11.3 Å². The highest BCUT2D eigenvalue weighted by atomic mass is 35.5. The molecule has 1 saturated heterocycles. The van der Waals surface area contributed by atoms with Gasteiger partial charge in [-0.3, -0.25) is 9.59 Å². The first kappa shape index (κ1) is 17.5. The summed E-state index contributed by atoms with van der Waals surface area (Å²) < 4.78 is 5.77. The molecule has 0 N–H and O–H groups in total. The van der Waals surface area contributed by atoms with E-state index < -0.39 is 0 Å². The normalized spacial score (nSPS) is 30.9. The van der Waals surface area contributed by atoms with Crippen LogP contribution in [0.5, 0.6) is 0 Å². The second kappa shape index (κ2) is 5.83. The van der Waals surface area contributed by atoms with Crippen molar-refractivity contribution in [3.63, 3.8) is 0 Å². The number of benzene rings is 1. The molecule has 1 aromatic heterocycles. The lowest BCUT2D eigenvalue weighted by atomic mass is 9.85. The number of amides is 2. The molecule has 4 unspecified atom stereocenters. The maximum atomic E-state index is 12.9. The molecule has 1 aromatic carbocycles. The number of hydrazone groups is 1. The average molecular weight is 427 g/mol. The summed E-state index contributed by atoms with van der Waals surface area (Å²) in [6.45, 7) is 0. The van der Waals surface area contributed by atoms with Crippen molar-refractivity contribution in [2.24, 2.45) is 34.2 Å². The molecule has 5 nitrogen and oxygen atoms in total. The predicted octanol–water partition coefficient (Wildman–Crippen LogP) is 4.78. The minimum Gasteiger partial charge on any atom is -0.455 e. The third-order valence-corrected chi connectivity index (χ3v) is 7.52. The van der Waals surface area contributed by atoms with Crippen LogP contribution >= 0.6 is 23.2 Å². The summed E-state index contributed by atoms with van der Waals surface area (Å²) in [5, 5.41) is 6.28. The quantitative estimate of drug-likeness (QED) is 0.402. The summed E-state index contributed by atoms with van der Waals surface area (Å²) in [5.41, 5.74) is 0.849. The van der Waals surface area contributed by atoms with Crippen LogP contribution in [0.2, 0.25) is 10.0 Å². The molecule has 1 aliphatic heterocycles. The molecule has 7 heteroatoms. The Morgan fingerprint density at radius 3 is 2.38 bits per heavy atom. The molecule has 6 rings (SSSR count). The molecule has 3 aliphatic carbocycles. The van der Waals surface area contributed by atoms with Crippen molar-refractivity contribution in [1.82, 2.24) is 5.01 Å². The average Bonchev–Trinajstić information content (AvgIpc) is 2.99. The molecule has 4 atom stereocenters. The van der Waals surface area contributed by atoms with Crippen LogP contribution in [0.3, 0.4) is 0 Å². The molecule has 4 aliphatic rings. The highest BCUT2D eigenvalue weighted by Crippen LogP contribution is 2.73. The highest BCUT2D eigenvalue weighted by molar-refractivity contribution is 6.35. The van der Waals surface area contributed by atoms with Gasteiger partial charge in [-0.15, -0.1) is 0 Å². The third-order valence-electron chi connectivity index (χ3n) is 6.95. The lowest BCUT2D eigenvalue weighted by molar-refractivity contribution is -0.141. The molecule has 2 amide bonds. The van der Waals surface area contributed by atoms with E-state index in [9.17, 15) is 9.59 Å². The van der Waals surface area contributed by atoms with Gasteiger partial charge in [-0.25, -0.2) is 0 Å². The topological polar surface area (TPSA) is 62.9 Å². The Balaban J connectivity index is 1.25. The first-order chi connectivity index (χ1) is 14.0. The van der Waals surface area contributed by atoms with E-state index in [4.69, 9.17) is 27.6 Å². The Bertz CT molecular complexity index is 1100. The number of furan rings is 1. The second-order valence-electron chi connectivity index (χ2n) is 8.28. The first-order valence-corrected chi connectivity index (χ1v) is 10.4. The minimum absolute atomic E-state index is 0.183. The van der Waals surface area contributed by atoms with Gasteiger partial charge in [-0.1, -0.05) is 35.4 Å². The van der Waals surface area contributed by atoms with Crippen molar-refractivity contribution in [3.05, 3.63) is 58.3 Å². The van der Waals surface area contributed by atoms with Gasteiger partial charge in [0.05, 0.1) is 23.1 Å². The van der Waals surface area contributed by atoms with Gasteiger partial charge in [0, 0.05) is 10.6 Å². The van der Waals surface area contributed by atoms with Crippen molar-refractivity contribution < 1.29 is 14.0 Å². The van der Waals surface area contributed by atoms with E-state index in [-0.39, 0.29) is 40.9 Å². The number of hydrogen-bond acceptors (Lipinski definition) is 4. The maximum absolute atomic E-state index is 12.9. The van der Waals surface area contributed by atoms with Gasteiger partial charge in [-0.2, -0.15) is 10.1 Å². The highest BCUT2D eigenvalue weighted by Gasteiger charge is 2.73. The number of hydrogen-bond donors (Lipinski definition) is 0. The van der Waals surface area contributed by atoms with E-state index in [1.807, 2.05) is 0 Å². The molecule has 2 bridgehead atoms. The van der Waals surface area contributed by atoms with E-state index in [0.29, 0.717) is 27.1 Å². The molecule has 0 radical (unpaired) electrons. The van der Waals surface area contributed by atoms with E-state index in [1.54, 1.807) is 30.3 Å². The fourth-order valence-corrected chi connectivity index (χ4v) is 5.93.